The van der Waals surface area contributed by atoms with Crippen molar-refractivity contribution in [2.45, 2.75) is 19.9 Å². The first-order valence-corrected chi connectivity index (χ1v) is 7.04. The Balaban J connectivity index is 2.14. The molecule has 1 heterocycles. The first-order valence-electron chi connectivity index (χ1n) is 6.25. The molecular formula is C13H16BrN5O. The van der Waals surface area contributed by atoms with Crippen LogP contribution >= 0.6 is 15.9 Å². The van der Waals surface area contributed by atoms with Gasteiger partial charge >= 0.3 is 6.01 Å². The van der Waals surface area contributed by atoms with Crippen LogP contribution in [0.25, 0.3) is 0 Å². The van der Waals surface area contributed by atoms with Crippen molar-refractivity contribution in [3.8, 4) is 6.01 Å². The first-order chi connectivity index (χ1) is 9.58. The number of benzene rings is 1. The lowest BCUT2D eigenvalue weighted by Crippen LogP contribution is -2.12. The highest BCUT2D eigenvalue weighted by Gasteiger charge is 2.10. The van der Waals surface area contributed by atoms with Crippen LogP contribution in [0.3, 0.4) is 0 Å². The molecule has 2 aromatic rings. The zero-order valence-electron chi connectivity index (χ0n) is 11.3. The molecule has 3 N–H and O–H groups in total. The summed E-state index contributed by atoms with van der Waals surface area (Å²) < 4.78 is 6.28. The molecule has 1 atom stereocenters. The average molecular weight is 338 g/mol. The van der Waals surface area contributed by atoms with Crippen LogP contribution in [0.4, 0.5) is 11.9 Å². The number of anilines is 2. The molecule has 0 aliphatic carbocycles. The normalized spacial score (nSPS) is 11.9. The van der Waals surface area contributed by atoms with E-state index in [4.69, 9.17) is 10.5 Å². The Morgan fingerprint density at radius 1 is 1.25 bits per heavy atom. The van der Waals surface area contributed by atoms with Crippen LogP contribution < -0.4 is 15.8 Å². The molecule has 106 valence electrons. The lowest BCUT2D eigenvalue weighted by Gasteiger charge is -2.14. The molecule has 0 bridgehead atoms. The Bertz CT molecular complexity index is 575. The van der Waals surface area contributed by atoms with E-state index < -0.39 is 0 Å². The summed E-state index contributed by atoms with van der Waals surface area (Å²) in [6.07, 6.45) is 0. The van der Waals surface area contributed by atoms with E-state index in [1.165, 1.54) is 0 Å². The first kappa shape index (κ1) is 14.5. The number of hydrogen-bond donors (Lipinski definition) is 2. The molecule has 0 aliphatic heterocycles. The third-order valence-electron chi connectivity index (χ3n) is 2.62. The van der Waals surface area contributed by atoms with E-state index in [2.05, 4.69) is 36.2 Å². The summed E-state index contributed by atoms with van der Waals surface area (Å²) in [7, 11) is 0. The number of halogens is 1. The Morgan fingerprint density at radius 2 is 1.95 bits per heavy atom. The number of nitrogen functional groups attached to an aromatic ring is 1. The van der Waals surface area contributed by atoms with Crippen molar-refractivity contribution in [3.05, 3.63) is 34.3 Å². The average Bonchev–Trinajstić information content (AvgIpc) is 2.39. The molecule has 6 nitrogen and oxygen atoms in total. The quantitative estimate of drug-likeness (QED) is 0.872. The zero-order valence-corrected chi connectivity index (χ0v) is 12.9. The number of nitrogens with zero attached hydrogens (tertiary/aromatic N) is 3. The van der Waals surface area contributed by atoms with Crippen LogP contribution in [0.2, 0.25) is 0 Å². The molecule has 1 unspecified atom stereocenters. The molecular weight excluding hydrogens is 322 g/mol. The molecule has 0 radical (unpaired) electrons. The van der Waals surface area contributed by atoms with Gasteiger partial charge in [-0.2, -0.15) is 15.0 Å². The highest BCUT2D eigenvalue weighted by molar-refractivity contribution is 9.10. The Hall–Kier alpha value is -1.89. The van der Waals surface area contributed by atoms with Gasteiger partial charge in [-0.3, -0.25) is 0 Å². The Kier molecular flexibility index (Phi) is 4.73. The predicted molar refractivity (Wildman–Crippen MR) is 81.6 cm³/mol. The number of hydrogen-bond acceptors (Lipinski definition) is 6. The van der Waals surface area contributed by atoms with Gasteiger partial charge in [-0.25, -0.2) is 0 Å². The van der Waals surface area contributed by atoms with Gasteiger partial charge in [-0.05, 0) is 31.5 Å². The molecule has 0 saturated heterocycles. The highest BCUT2D eigenvalue weighted by Crippen LogP contribution is 2.20. The number of nitrogens with two attached hydrogens (primary N) is 1. The molecule has 1 aromatic heterocycles. The third kappa shape index (κ3) is 3.80. The van der Waals surface area contributed by atoms with Crippen LogP contribution in [0.15, 0.2) is 28.7 Å². The van der Waals surface area contributed by atoms with Crippen molar-refractivity contribution in [3.63, 3.8) is 0 Å². The van der Waals surface area contributed by atoms with Crippen LogP contribution in [-0.4, -0.2) is 21.6 Å². The summed E-state index contributed by atoms with van der Waals surface area (Å²) in [6, 6.07) is 8.29. The second kappa shape index (κ2) is 6.51. The van der Waals surface area contributed by atoms with Gasteiger partial charge in [-0.15, -0.1) is 0 Å². The largest absolute Gasteiger partial charge is 0.464 e. The molecule has 7 heteroatoms. The molecule has 1 aromatic carbocycles. The fraction of sp³-hybridized carbons (Fsp3) is 0.308. The third-order valence-corrected chi connectivity index (χ3v) is 3.15. The van der Waals surface area contributed by atoms with Gasteiger partial charge in [0.2, 0.25) is 11.9 Å². The summed E-state index contributed by atoms with van der Waals surface area (Å²) in [5.41, 5.74) is 6.75. The van der Waals surface area contributed by atoms with Gasteiger partial charge < -0.3 is 15.8 Å². The van der Waals surface area contributed by atoms with Crippen LogP contribution in [0.5, 0.6) is 6.01 Å². The van der Waals surface area contributed by atoms with Crippen molar-refractivity contribution in [2.75, 3.05) is 17.7 Å². The molecule has 0 saturated carbocycles. The number of ether oxygens (including phenoxy) is 1. The van der Waals surface area contributed by atoms with E-state index >= 15 is 0 Å². The summed E-state index contributed by atoms with van der Waals surface area (Å²) in [5, 5.41) is 3.18. The Morgan fingerprint density at radius 3 is 2.60 bits per heavy atom. The zero-order chi connectivity index (χ0) is 14.5. The van der Waals surface area contributed by atoms with Gasteiger partial charge in [0.05, 0.1) is 12.6 Å². The van der Waals surface area contributed by atoms with Gasteiger partial charge in [0.15, 0.2) is 0 Å². The monoisotopic (exact) mass is 337 g/mol. The van der Waals surface area contributed by atoms with Crippen LogP contribution in [0, 0.1) is 0 Å². The summed E-state index contributed by atoms with van der Waals surface area (Å²) in [4.78, 5) is 12.1. The molecule has 0 amide bonds. The fourth-order valence-corrected chi connectivity index (χ4v) is 1.92. The predicted octanol–water partition coefficient (Wildman–Crippen LogP) is 2.79. The molecule has 2 rings (SSSR count). The van der Waals surface area contributed by atoms with E-state index in [0.717, 1.165) is 10.0 Å². The van der Waals surface area contributed by atoms with Gasteiger partial charge in [0, 0.05) is 4.47 Å². The number of aromatic nitrogens is 3. The van der Waals surface area contributed by atoms with Crippen molar-refractivity contribution in [1.29, 1.82) is 0 Å². The highest BCUT2D eigenvalue weighted by atomic mass is 79.9. The SMILES string of the molecule is CCOc1nc(N)nc(NC(C)c2ccc(Br)cc2)n1. The lowest BCUT2D eigenvalue weighted by atomic mass is 10.1. The second-order valence-electron chi connectivity index (χ2n) is 4.15. The topological polar surface area (TPSA) is 86.0 Å². The van der Waals surface area contributed by atoms with Gasteiger partial charge in [0.25, 0.3) is 0 Å². The van der Waals surface area contributed by atoms with Crippen LogP contribution in [-0.2, 0) is 0 Å². The summed E-state index contributed by atoms with van der Waals surface area (Å²) in [5.74, 6) is 0.533. The van der Waals surface area contributed by atoms with E-state index in [-0.39, 0.29) is 18.0 Å². The summed E-state index contributed by atoms with van der Waals surface area (Å²) in [6.45, 7) is 4.35. The minimum Gasteiger partial charge on any atom is -0.464 e. The van der Waals surface area contributed by atoms with E-state index in [1.807, 2.05) is 38.1 Å². The molecule has 0 aliphatic rings. The van der Waals surface area contributed by atoms with Crippen LogP contribution in [0.1, 0.15) is 25.5 Å². The van der Waals surface area contributed by atoms with Crippen molar-refractivity contribution in [1.82, 2.24) is 15.0 Å². The van der Waals surface area contributed by atoms with Gasteiger partial charge in [0.1, 0.15) is 0 Å². The minimum absolute atomic E-state index is 0.0411. The van der Waals surface area contributed by atoms with E-state index in [9.17, 15) is 0 Å². The summed E-state index contributed by atoms with van der Waals surface area (Å²) >= 11 is 3.41. The second-order valence-corrected chi connectivity index (χ2v) is 5.07. The van der Waals surface area contributed by atoms with E-state index in [0.29, 0.717) is 12.6 Å². The molecule has 0 fully saturated rings. The maximum Gasteiger partial charge on any atom is 0.323 e. The molecule has 0 spiro atoms. The number of nitrogens with one attached hydrogen (secondary N) is 1. The lowest BCUT2D eigenvalue weighted by molar-refractivity contribution is 0.312. The standard InChI is InChI=1S/C13H16BrN5O/c1-3-20-13-18-11(15)17-12(19-13)16-8(2)9-4-6-10(14)7-5-9/h4-8H,3H2,1-2H3,(H3,15,16,17,18,19). The Labute approximate surface area is 125 Å². The smallest absolute Gasteiger partial charge is 0.323 e. The molecule has 20 heavy (non-hydrogen) atoms. The fourth-order valence-electron chi connectivity index (χ4n) is 1.66. The van der Waals surface area contributed by atoms with Gasteiger partial charge in [-0.1, -0.05) is 28.1 Å². The maximum atomic E-state index is 5.64. The van der Waals surface area contributed by atoms with Crippen molar-refractivity contribution in [2.24, 2.45) is 0 Å². The number of rotatable bonds is 5. The van der Waals surface area contributed by atoms with Crippen molar-refractivity contribution < 1.29 is 4.74 Å². The maximum absolute atomic E-state index is 5.64. The van der Waals surface area contributed by atoms with Crippen molar-refractivity contribution >= 4 is 27.8 Å². The van der Waals surface area contributed by atoms with E-state index in [1.54, 1.807) is 0 Å². The minimum atomic E-state index is 0.0411.